The molecular weight excluding hydrogens is 492 g/mol. The van der Waals surface area contributed by atoms with Crippen molar-refractivity contribution in [2.24, 2.45) is 10.2 Å². The summed E-state index contributed by atoms with van der Waals surface area (Å²) < 4.78 is 0. The normalized spacial score (nSPS) is 11.4. The number of carbonyl (C=O) groups excluding carboxylic acids is 2. The third-order valence-electron chi connectivity index (χ3n) is 5.88. The molecule has 0 aliphatic carbocycles. The van der Waals surface area contributed by atoms with Crippen molar-refractivity contribution in [3.05, 3.63) is 46.0 Å². The van der Waals surface area contributed by atoms with Gasteiger partial charge < -0.3 is 20.4 Å². The predicted molar refractivity (Wildman–Crippen MR) is 142 cm³/mol. The Balaban J connectivity index is 1.57. The Labute approximate surface area is 221 Å². The lowest BCUT2D eigenvalue weighted by atomic mass is 10.1. The molecule has 0 unspecified atom stereocenters. The van der Waals surface area contributed by atoms with E-state index in [-0.39, 0.29) is 36.5 Å². The zero-order chi connectivity index (χ0) is 27.9. The molecule has 2 amide bonds. The van der Waals surface area contributed by atoms with E-state index < -0.39 is 0 Å². The van der Waals surface area contributed by atoms with Crippen molar-refractivity contribution in [1.29, 1.82) is 0 Å². The van der Waals surface area contributed by atoms with E-state index >= 15 is 0 Å². The van der Waals surface area contributed by atoms with Gasteiger partial charge in [-0.05, 0) is 26.7 Å². The number of aryl methyl sites for hydroxylation is 2. The first-order valence-electron chi connectivity index (χ1n) is 12.5. The molecular formula is C26H36N6O6. The van der Waals surface area contributed by atoms with Crippen LogP contribution in [0, 0.1) is 13.8 Å². The molecule has 12 heteroatoms. The maximum absolute atomic E-state index is 12.0. The fourth-order valence-corrected chi connectivity index (χ4v) is 3.57. The van der Waals surface area contributed by atoms with Crippen molar-refractivity contribution in [2.75, 3.05) is 0 Å². The highest BCUT2D eigenvalue weighted by Gasteiger charge is 2.11. The molecule has 0 saturated carbocycles. The van der Waals surface area contributed by atoms with Crippen LogP contribution in [-0.2, 0) is 22.8 Å². The number of pyridine rings is 2. The number of rotatable bonds is 15. The van der Waals surface area contributed by atoms with E-state index in [9.17, 15) is 30.0 Å². The highest BCUT2D eigenvalue weighted by molar-refractivity contribution is 5.87. The number of aromatic nitrogens is 2. The fourth-order valence-electron chi connectivity index (χ4n) is 3.57. The van der Waals surface area contributed by atoms with Gasteiger partial charge in [0, 0.05) is 47.5 Å². The van der Waals surface area contributed by atoms with Gasteiger partial charge in [-0.25, -0.2) is 10.9 Å². The van der Waals surface area contributed by atoms with E-state index in [2.05, 4.69) is 31.0 Å². The van der Waals surface area contributed by atoms with Crippen molar-refractivity contribution >= 4 is 24.2 Å². The number of aliphatic hydroxyl groups excluding tert-OH is 2. The van der Waals surface area contributed by atoms with E-state index in [1.165, 1.54) is 24.8 Å². The Morgan fingerprint density at radius 1 is 0.737 bits per heavy atom. The summed E-state index contributed by atoms with van der Waals surface area (Å²) in [5, 5.41) is 46.6. The van der Waals surface area contributed by atoms with E-state index in [0.717, 1.165) is 25.7 Å². The van der Waals surface area contributed by atoms with Crippen molar-refractivity contribution in [1.82, 2.24) is 20.8 Å². The van der Waals surface area contributed by atoms with Crippen molar-refractivity contribution in [2.45, 2.75) is 78.4 Å². The first-order valence-corrected chi connectivity index (χ1v) is 12.5. The van der Waals surface area contributed by atoms with E-state index in [1.807, 2.05) is 0 Å². The number of hydrazone groups is 2. The van der Waals surface area contributed by atoms with Crippen LogP contribution in [0.25, 0.3) is 0 Å². The van der Waals surface area contributed by atoms with Gasteiger partial charge in [-0.2, -0.15) is 10.2 Å². The molecule has 0 radical (unpaired) electrons. The summed E-state index contributed by atoms with van der Waals surface area (Å²) in [6.45, 7) is 2.64. The lowest BCUT2D eigenvalue weighted by Crippen LogP contribution is -2.17. The third-order valence-corrected chi connectivity index (χ3v) is 5.88. The lowest BCUT2D eigenvalue weighted by molar-refractivity contribution is -0.122. The molecule has 0 spiro atoms. The van der Waals surface area contributed by atoms with E-state index in [4.69, 9.17) is 0 Å². The number of aromatic hydroxyl groups is 2. The summed E-state index contributed by atoms with van der Waals surface area (Å²) in [6, 6.07) is 0. The Morgan fingerprint density at radius 3 is 1.47 bits per heavy atom. The molecule has 0 aliphatic rings. The van der Waals surface area contributed by atoms with Gasteiger partial charge in [-0.15, -0.1) is 0 Å². The van der Waals surface area contributed by atoms with Gasteiger partial charge in [0.15, 0.2) is 0 Å². The molecule has 0 aromatic carbocycles. The Morgan fingerprint density at radius 2 is 1.11 bits per heavy atom. The van der Waals surface area contributed by atoms with Crippen molar-refractivity contribution in [3.8, 4) is 11.5 Å². The Hall–Kier alpha value is -3.90. The number of aliphatic hydroxyl groups is 2. The minimum atomic E-state index is -0.307. The maximum atomic E-state index is 12.0. The highest BCUT2D eigenvalue weighted by Crippen LogP contribution is 2.22. The summed E-state index contributed by atoms with van der Waals surface area (Å²) in [7, 11) is 0. The van der Waals surface area contributed by atoms with Crippen LogP contribution in [0.15, 0.2) is 22.6 Å². The SMILES string of the molecule is Cc1ncc(CO)c(/C=N/NC(=O)CCCCCCCCC(=O)N/N=C/c2c(CO)cnc(C)c2O)c1O. The first kappa shape index (κ1) is 30.3. The summed E-state index contributed by atoms with van der Waals surface area (Å²) >= 11 is 0. The van der Waals surface area contributed by atoms with Gasteiger partial charge in [-0.1, -0.05) is 25.7 Å². The average Bonchev–Trinajstić information content (AvgIpc) is 2.90. The van der Waals surface area contributed by atoms with Crippen LogP contribution >= 0.6 is 0 Å². The molecule has 38 heavy (non-hydrogen) atoms. The van der Waals surface area contributed by atoms with Crippen LogP contribution in [0.3, 0.4) is 0 Å². The van der Waals surface area contributed by atoms with Gasteiger partial charge in [0.1, 0.15) is 11.5 Å². The lowest BCUT2D eigenvalue weighted by Gasteiger charge is -2.07. The molecule has 206 valence electrons. The summed E-state index contributed by atoms with van der Waals surface area (Å²) in [6.07, 6.45) is 11.1. The van der Waals surface area contributed by atoms with E-state index in [0.29, 0.717) is 59.3 Å². The second-order valence-electron chi connectivity index (χ2n) is 8.79. The fraction of sp³-hybridized carbons (Fsp3) is 0.462. The monoisotopic (exact) mass is 528 g/mol. The highest BCUT2D eigenvalue weighted by atomic mass is 16.3. The molecule has 2 aromatic heterocycles. The molecule has 2 heterocycles. The minimum absolute atomic E-state index is 0.0864. The molecule has 0 aliphatic heterocycles. The molecule has 0 saturated heterocycles. The number of amides is 2. The zero-order valence-corrected chi connectivity index (χ0v) is 21.8. The van der Waals surface area contributed by atoms with Gasteiger partial charge in [0.25, 0.3) is 0 Å². The molecule has 0 fully saturated rings. The second kappa shape index (κ2) is 16.0. The topological polar surface area (TPSA) is 190 Å². The van der Waals surface area contributed by atoms with Gasteiger partial charge in [0.05, 0.1) is 37.0 Å². The second-order valence-corrected chi connectivity index (χ2v) is 8.79. The number of hydrogen-bond donors (Lipinski definition) is 6. The van der Waals surface area contributed by atoms with Crippen LogP contribution in [0.4, 0.5) is 0 Å². The number of unbranched alkanes of at least 4 members (excludes halogenated alkanes) is 5. The Bertz CT molecular complexity index is 1060. The zero-order valence-electron chi connectivity index (χ0n) is 21.8. The number of hydrogen-bond acceptors (Lipinski definition) is 10. The van der Waals surface area contributed by atoms with Crippen LogP contribution in [0.2, 0.25) is 0 Å². The van der Waals surface area contributed by atoms with Crippen LogP contribution < -0.4 is 10.9 Å². The minimum Gasteiger partial charge on any atom is -0.505 e. The average molecular weight is 529 g/mol. The quantitative estimate of drug-likeness (QED) is 0.115. The summed E-state index contributed by atoms with van der Waals surface area (Å²) in [5.41, 5.74) is 7.11. The number of nitrogens with one attached hydrogen (secondary N) is 2. The maximum Gasteiger partial charge on any atom is 0.240 e. The number of carbonyl (C=O) groups is 2. The standard InChI is InChI=1S/C26H36N6O6/c1-17-25(37)21(19(15-33)11-27-17)13-29-31-23(35)9-7-5-3-4-6-8-10-24(36)32-30-14-22-20(16-34)12-28-18(2)26(22)38/h11-14,33-34,37-38H,3-10,15-16H2,1-2H3,(H,31,35)(H,32,36)/b29-13+,30-14+. The third kappa shape index (κ3) is 9.52. The Kier molecular flexibility index (Phi) is 12.8. The van der Waals surface area contributed by atoms with Crippen LogP contribution in [0.5, 0.6) is 11.5 Å². The van der Waals surface area contributed by atoms with E-state index in [1.54, 1.807) is 13.8 Å². The van der Waals surface area contributed by atoms with Crippen molar-refractivity contribution in [3.63, 3.8) is 0 Å². The summed E-state index contributed by atoms with van der Waals surface area (Å²) in [5.74, 6) is -0.653. The molecule has 0 bridgehead atoms. The summed E-state index contributed by atoms with van der Waals surface area (Å²) in [4.78, 5) is 31.9. The molecule has 2 aromatic rings. The smallest absolute Gasteiger partial charge is 0.240 e. The van der Waals surface area contributed by atoms with Gasteiger partial charge in [-0.3, -0.25) is 19.6 Å². The van der Waals surface area contributed by atoms with Gasteiger partial charge >= 0.3 is 0 Å². The molecule has 2 rings (SSSR count). The predicted octanol–water partition coefficient (Wildman–Crippen LogP) is 2.21. The van der Waals surface area contributed by atoms with Crippen LogP contribution in [-0.4, -0.2) is 54.6 Å². The molecule has 12 nitrogen and oxygen atoms in total. The largest absolute Gasteiger partial charge is 0.505 e. The van der Waals surface area contributed by atoms with Crippen molar-refractivity contribution < 1.29 is 30.0 Å². The molecule has 0 atom stereocenters. The molecule has 6 N–H and O–H groups in total. The first-order chi connectivity index (χ1) is 18.3. The number of nitrogens with zero attached hydrogens (tertiary/aromatic N) is 4. The van der Waals surface area contributed by atoms with Crippen LogP contribution in [0.1, 0.15) is 85.0 Å². The van der Waals surface area contributed by atoms with Gasteiger partial charge in [0.2, 0.25) is 11.8 Å².